The first kappa shape index (κ1) is 12.2. The Morgan fingerprint density at radius 1 is 1.31 bits per heavy atom. The second-order valence-electron chi connectivity index (χ2n) is 2.48. The molecular formula is C8H15ClN2O2. The second-order valence-corrected chi connectivity index (χ2v) is 2.74. The maximum absolute atomic E-state index is 11.3. The van der Waals surface area contributed by atoms with E-state index in [-0.39, 0.29) is 24.2 Å². The molecule has 0 unspecified atom stereocenters. The molecule has 0 radical (unpaired) electrons. The quantitative estimate of drug-likeness (QED) is 0.654. The first-order chi connectivity index (χ1) is 6.15. The zero-order valence-corrected chi connectivity index (χ0v) is 8.73. The van der Waals surface area contributed by atoms with Crippen molar-refractivity contribution in [2.75, 3.05) is 25.5 Å². The average Bonchev–Trinajstić information content (AvgIpc) is 2.16. The number of halogens is 1. The number of carbonyl (C=O) groups is 2. The van der Waals surface area contributed by atoms with Gasteiger partial charge >= 0.3 is 0 Å². The Morgan fingerprint density at radius 2 is 1.85 bits per heavy atom. The predicted molar refractivity (Wildman–Crippen MR) is 51.7 cm³/mol. The molecule has 0 aliphatic rings. The van der Waals surface area contributed by atoms with Gasteiger partial charge in [-0.05, 0) is 13.8 Å². The van der Waals surface area contributed by atoms with Crippen molar-refractivity contribution in [1.82, 2.24) is 10.2 Å². The van der Waals surface area contributed by atoms with Gasteiger partial charge in [0.1, 0.15) is 5.88 Å². The molecule has 2 amide bonds. The lowest BCUT2D eigenvalue weighted by Gasteiger charge is -2.18. The molecular weight excluding hydrogens is 192 g/mol. The Labute approximate surface area is 83.2 Å². The van der Waals surface area contributed by atoms with Crippen LogP contribution in [0.25, 0.3) is 0 Å². The lowest BCUT2D eigenvalue weighted by molar-refractivity contribution is -0.132. The van der Waals surface area contributed by atoms with E-state index in [1.165, 1.54) is 0 Å². The minimum absolute atomic E-state index is 0.0350. The van der Waals surface area contributed by atoms with Crippen molar-refractivity contribution in [3.05, 3.63) is 0 Å². The molecule has 0 saturated heterocycles. The Balaban J connectivity index is 3.79. The number of likely N-dealkylation sites (N-methyl/N-ethyl adjacent to an activating group) is 1. The Kier molecular flexibility index (Phi) is 6.32. The van der Waals surface area contributed by atoms with Gasteiger partial charge in [-0.3, -0.25) is 9.59 Å². The van der Waals surface area contributed by atoms with Crippen LogP contribution < -0.4 is 5.32 Å². The first-order valence-electron chi connectivity index (χ1n) is 4.26. The van der Waals surface area contributed by atoms with Gasteiger partial charge in [0.2, 0.25) is 11.8 Å². The van der Waals surface area contributed by atoms with E-state index >= 15 is 0 Å². The third-order valence-electron chi connectivity index (χ3n) is 1.67. The molecule has 5 heteroatoms. The smallest absolute Gasteiger partial charge is 0.241 e. The van der Waals surface area contributed by atoms with Gasteiger partial charge in [0, 0.05) is 13.1 Å². The summed E-state index contributed by atoms with van der Waals surface area (Å²) in [6.07, 6.45) is 0. The number of hydrogen-bond donors (Lipinski definition) is 1. The molecule has 0 saturated carbocycles. The van der Waals surface area contributed by atoms with Crippen molar-refractivity contribution >= 4 is 23.4 Å². The van der Waals surface area contributed by atoms with E-state index in [9.17, 15) is 9.59 Å². The normalized spacial score (nSPS) is 9.46. The predicted octanol–water partition coefficient (Wildman–Crippen LogP) is 0.210. The topological polar surface area (TPSA) is 49.4 Å². The fourth-order valence-electron chi connectivity index (χ4n) is 0.910. The number of amides is 2. The fraction of sp³-hybridized carbons (Fsp3) is 0.750. The molecule has 4 nitrogen and oxygen atoms in total. The van der Waals surface area contributed by atoms with Gasteiger partial charge in [-0.2, -0.15) is 0 Å². The number of nitrogens with one attached hydrogen (secondary N) is 1. The van der Waals surface area contributed by atoms with Crippen molar-refractivity contribution < 1.29 is 9.59 Å². The van der Waals surface area contributed by atoms with Crippen LogP contribution in [0.4, 0.5) is 0 Å². The van der Waals surface area contributed by atoms with Crippen LogP contribution in [0.5, 0.6) is 0 Å². The molecule has 0 bridgehead atoms. The van der Waals surface area contributed by atoms with E-state index in [2.05, 4.69) is 5.32 Å². The van der Waals surface area contributed by atoms with Crippen LogP contribution in [0.3, 0.4) is 0 Å². The number of alkyl halides is 1. The van der Waals surface area contributed by atoms with Gasteiger partial charge in [0.25, 0.3) is 0 Å². The summed E-state index contributed by atoms with van der Waals surface area (Å²) in [5, 5.41) is 2.42. The van der Waals surface area contributed by atoms with Gasteiger partial charge < -0.3 is 10.2 Å². The standard InChI is InChI=1S/C8H15ClN2O2/c1-3-11(4-2)8(13)6-10-7(12)5-9/h3-6H2,1-2H3,(H,10,12). The highest BCUT2D eigenvalue weighted by Gasteiger charge is 2.09. The summed E-state index contributed by atoms with van der Waals surface area (Å²) in [6, 6.07) is 0. The molecule has 76 valence electrons. The minimum Gasteiger partial charge on any atom is -0.346 e. The van der Waals surface area contributed by atoms with E-state index in [1.807, 2.05) is 13.8 Å². The summed E-state index contributed by atoms with van der Waals surface area (Å²) >= 11 is 5.25. The Hall–Kier alpha value is -0.770. The number of carbonyl (C=O) groups excluding carboxylic acids is 2. The molecule has 0 aromatic carbocycles. The van der Waals surface area contributed by atoms with Crippen LogP contribution in [-0.4, -0.2) is 42.2 Å². The Morgan fingerprint density at radius 3 is 2.23 bits per heavy atom. The molecule has 1 N–H and O–H groups in total. The van der Waals surface area contributed by atoms with E-state index < -0.39 is 0 Å². The molecule has 0 aromatic rings. The van der Waals surface area contributed by atoms with Gasteiger partial charge in [0.05, 0.1) is 6.54 Å². The van der Waals surface area contributed by atoms with Gasteiger partial charge in [0.15, 0.2) is 0 Å². The summed E-state index contributed by atoms with van der Waals surface area (Å²) in [6.45, 7) is 5.14. The largest absolute Gasteiger partial charge is 0.346 e. The second kappa shape index (κ2) is 6.71. The molecule has 13 heavy (non-hydrogen) atoms. The van der Waals surface area contributed by atoms with Crippen LogP contribution in [0.2, 0.25) is 0 Å². The highest BCUT2D eigenvalue weighted by atomic mass is 35.5. The molecule has 0 fully saturated rings. The number of rotatable bonds is 5. The SMILES string of the molecule is CCN(CC)C(=O)CNC(=O)CCl. The molecule has 0 aromatic heterocycles. The highest BCUT2D eigenvalue weighted by molar-refractivity contribution is 6.27. The average molecular weight is 207 g/mol. The molecule has 0 heterocycles. The number of hydrogen-bond acceptors (Lipinski definition) is 2. The lowest BCUT2D eigenvalue weighted by Crippen LogP contribution is -2.40. The van der Waals surface area contributed by atoms with Crippen LogP contribution >= 0.6 is 11.6 Å². The molecule has 0 aliphatic heterocycles. The van der Waals surface area contributed by atoms with Gasteiger partial charge in [-0.15, -0.1) is 11.6 Å². The van der Waals surface area contributed by atoms with Crippen molar-refractivity contribution in [1.29, 1.82) is 0 Å². The summed E-state index contributed by atoms with van der Waals surface area (Å²) in [4.78, 5) is 23.6. The summed E-state index contributed by atoms with van der Waals surface area (Å²) in [5.74, 6) is -0.503. The molecule has 0 aliphatic carbocycles. The third kappa shape index (κ3) is 4.72. The van der Waals surface area contributed by atoms with Gasteiger partial charge in [-0.25, -0.2) is 0 Å². The van der Waals surface area contributed by atoms with Gasteiger partial charge in [-0.1, -0.05) is 0 Å². The van der Waals surface area contributed by atoms with E-state index in [0.717, 1.165) is 0 Å². The summed E-state index contributed by atoms with van der Waals surface area (Å²) in [5.41, 5.74) is 0. The molecule has 0 atom stereocenters. The third-order valence-corrected chi connectivity index (χ3v) is 1.92. The molecule has 0 spiro atoms. The van der Waals surface area contributed by atoms with Crippen molar-refractivity contribution in [2.45, 2.75) is 13.8 Å². The van der Waals surface area contributed by atoms with Crippen LogP contribution in [-0.2, 0) is 9.59 Å². The number of nitrogens with zero attached hydrogens (tertiary/aromatic N) is 1. The van der Waals surface area contributed by atoms with E-state index in [1.54, 1.807) is 4.90 Å². The maximum atomic E-state index is 11.3. The van der Waals surface area contributed by atoms with Crippen LogP contribution in [0.1, 0.15) is 13.8 Å². The monoisotopic (exact) mass is 206 g/mol. The highest BCUT2D eigenvalue weighted by Crippen LogP contribution is 1.87. The van der Waals surface area contributed by atoms with Crippen molar-refractivity contribution in [3.8, 4) is 0 Å². The zero-order chi connectivity index (χ0) is 10.3. The maximum Gasteiger partial charge on any atom is 0.241 e. The van der Waals surface area contributed by atoms with Crippen molar-refractivity contribution in [2.24, 2.45) is 0 Å². The lowest BCUT2D eigenvalue weighted by atomic mass is 10.4. The van der Waals surface area contributed by atoms with Crippen molar-refractivity contribution in [3.63, 3.8) is 0 Å². The zero-order valence-electron chi connectivity index (χ0n) is 7.97. The summed E-state index contributed by atoms with van der Waals surface area (Å²) < 4.78 is 0. The Bertz CT molecular complexity index is 181. The summed E-state index contributed by atoms with van der Waals surface area (Å²) in [7, 11) is 0. The van der Waals surface area contributed by atoms with E-state index in [0.29, 0.717) is 13.1 Å². The first-order valence-corrected chi connectivity index (χ1v) is 4.79. The van der Waals surface area contributed by atoms with Crippen LogP contribution in [0, 0.1) is 0 Å². The minimum atomic E-state index is -0.317. The van der Waals surface area contributed by atoms with E-state index in [4.69, 9.17) is 11.6 Å². The fourth-order valence-corrected chi connectivity index (χ4v) is 1.00. The van der Waals surface area contributed by atoms with Crippen LogP contribution in [0.15, 0.2) is 0 Å². The molecule has 0 rings (SSSR count).